The highest BCUT2D eigenvalue weighted by molar-refractivity contribution is 7.90. The molecule has 0 saturated carbocycles. The van der Waals surface area contributed by atoms with Crippen LogP contribution in [0.5, 0.6) is 0 Å². The Morgan fingerprint density at radius 2 is 1.75 bits per heavy atom. The third kappa shape index (κ3) is 2.55. The van der Waals surface area contributed by atoms with E-state index in [1.165, 1.54) is 25.1 Å². The van der Waals surface area contributed by atoms with Crippen LogP contribution in [0.15, 0.2) is 53.4 Å². The molecule has 2 aromatic rings. The summed E-state index contributed by atoms with van der Waals surface area (Å²) in [6.45, 7) is 1.35. The van der Waals surface area contributed by atoms with E-state index in [4.69, 9.17) is 11.6 Å². The van der Waals surface area contributed by atoms with Crippen molar-refractivity contribution in [3.63, 3.8) is 0 Å². The number of hydrogen-bond acceptors (Lipinski definition) is 4. The minimum absolute atomic E-state index is 0.0647. The van der Waals surface area contributed by atoms with Crippen LogP contribution < -0.4 is 5.32 Å². The summed E-state index contributed by atoms with van der Waals surface area (Å²) in [5, 5.41) is 2.86. The first-order valence-corrected chi connectivity index (χ1v) is 8.89. The number of nitrogens with one attached hydrogen (secondary N) is 1. The molecule has 8 heteroatoms. The van der Waals surface area contributed by atoms with Gasteiger partial charge < -0.3 is 5.32 Å². The van der Waals surface area contributed by atoms with E-state index >= 15 is 0 Å². The van der Waals surface area contributed by atoms with Crippen LogP contribution in [-0.2, 0) is 14.8 Å². The van der Waals surface area contributed by atoms with E-state index in [9.17, 15) is 18.0 Å². The van der Waals surface area contributed by atoms with E-state index in [0.717, 1.165) is 0 Å². The Balaban J connectivity index is 1.91. The van der Waals surface area contributed by atoms with Crippen LogP contribution >= 0.6 is 11.6 Å². The molecule has 6 nitrogen and oxygen atoms in total. The Labute approximate surface area is 144 Å². The molecule has 24 heavy (non-hydrogen) atoms. The van der Waals surface area contributed by atoms with Crippen LogP contribution in [0.3, 0.4) is 0 Å². The van der Waals surface area contributed by atoms with E-state index in [-0.39, 0.29) is 10.5 Å². The molecule has 0 saturated heterocycles. The lowest BCUT2D eigenvalue weighted by molar-refractivity contribution is -0.118. The van der Waals surface area contributed by atoms with Crippen LogP contribution in [0.4, 0.5) is 5.69 Å². The largest absolute Gasteiger partial charge is 0.323 e. The second kappa shape index (κ2) is 5.92. The monoisotopic (exact) mass is 364 g/mol. The summed E-state index contributed by atoms with van der Waals surface area (Å²) < 4.78 is 25.7. The number of rotatable bonds is 3. The summed E-state index contributed by atoms with van der Waals surface area (Å²) in [4.78, 5) is 24.7. The maximum Gasteiger partial charge on any atom is 0.269 e. The highest BCUT2D eigenvalue weighted by Gasteiger charge is 2.45. The Kier molecular flexibility index (Phi) is 4.06. The highest BCUT2D eigenvalue weighted by atomic mass is 35.5. The molecule has 0 aromatic heterocycles. The molecule has 0 aliphatic carbocycles. The van der Waals surface area contributed by atoms with E-state index in [2.05, 4.69) is 5.32 Å². The number of carbonyl (C=O) groups excluding carboxylic acids is 2. The van der Waals surface area contributed by atoms with Crippen LogP contribution in [0.25, 0.3) is 0 Å². The summed E-state index contributed by atoms with van der Waals surface area (Å²) >= 11 is 5.98. The quantitative estimate of drug-likeness (QED) is 0.907. The topological polar surface area (TPSA) is 83.6 Å². The third-order valence-corrected chi connectivity index (χ3v) is 5.96. The zero-order valence-corrected chi connectivity index (χ0v) is 14.1. The predicted molar refractivity (Wildman–Crippen MR) is 89.3 cm³/mol. The van der Waals surface area contributed by atoms with Gasteiger partial charge in [-0.25, -0.2) is 12.7 Å². The molecule has 2 aromatic carbocycles. The smallest absolute Gasteiger partial charge is 0.269 e. The summed E-state index contributed by atoms with van der Waals surface area (Å²) in [5.41, 5.74) is 0.410. The molecule has 1 atom stereocenters. The van der Waals surface area contributed by atoms with E-state index in [1.807, 2.05) is 0 Å². The number of hydrogen-bond donors (Lipinski definition) is 1. The predicted octanol–water partition coefficient (Wildman–Crippen LogP) is 2.51. The second-order valence-electron chi connectivity index (χ2n) is 5.25. The van der Waals surface area contributed by atoms with Crippen LogP contribution in [0, 0.1) is 0 Å². The molecule has 0 unspecified atom stereocenters. The van der Waals surface area contributed by atoms with Gasteiger partial charge in [0.1, 0.15) is 10.9 Å². The van der Waals surface area contributed by atoms with Gasteiger partial charge in [0.05, 0.1) is 16.3 Å². The molecular weight excluding hydrogens is 352 g/mol. The first-order valence-electron chi connectivity index (χ1n) is 7.07. The number of amides is 2. The van der Waals surface area contributed by atoms with Gasteiger partial charge in [0.15, 0.2) is 0 Å². The number of halogens is 1. The van der Waals surface area contributed by atoms with Gasteiger partial charge >= 0.3 is 0 Å². The van der Waals surface area contributed by atoms with Crippen molar-refractivity contribution in [1.29, 1.82) is 0 Å². The van der Waals surface area contributed by atoms with Crippen LogP contribution in [0.1, 0.15) is 17.3 Å². The zero-order chi connectivity index (χ0) is 17.5. The minimum Gasteiger partial charge on any atom is -0.323 e. The summed E-state index contributed by atoms with van der Waals surface area (Å²) in [5.74, 6) is -1.36. The summed E-state index contributed by atoms with van der Waals surface area (Å²) in [6, 6.07) is 11.2. The van der Waals surface area contributed by atoms with Crippen molar-refractivity contribution in [3.05, 3.63) is 59.1 Å². The molecule has 1 aliphatic rings. The maximum atomic E-state index is 12.6. The first-order chi connectivity index (χ1) is 11.3. The number of carbonyl (C=O) groups is 2. The van der Waals surface area contributed by atoms with Crippen LogP contribution in [0.2, 0.25) is 5.02 Å². The van der Waals surface area contributed by atoms with Crippen LogP contribution in [-0.4, -0.2) is 30.6 Å². The second-order valence-corrected chi connectivity index (χ2v) is 7.44. The molecule has 1 N–H and O–H groups in total. The fraction of sp³-hybridized carbons (Fsp3) is 0.125. The number of nitrogens with zero attached hydrogens (tertiary/aromatic N) is 1. The Hall–Kier alpha value is -2.38. The Morgan fingerprint density at radius 1 is 1.12 bits per heavy atom. The van der Waals surface area contributed by atoms with Gasteiger partial charge in [-0.05, 0) is 31.2 Å². The first kappa shape index (κ1) is 16.5. The SMILES string of the molecule is C[C@@H](C(=O)Nc1ccccc1Cl)N1C(=O)c2ccccc2S1(=O)=O. The molecule has 3 rings (SSSR count). The highest BCUT2D eigenvalue weighted by Crippen LogP contribution is 2.32. The molecule has 124 valence electrons. The van der Waals surface area contributed by atoms with Gasteiger partial charge in [0.25, 0.3) is 15.9 Å². The van der Waals surface area contributed by atoms with Gasteiger partial charge in [-0.15, -0.1) is 0 Å². The van der Waals surface area contributed by atoms with Gasteiger partial charge in [-0.2, -0.15) is 0 Å². The van der Waals surface area contributed by atoms with Gasteiger partial charge in [0.2, 0.25) is 5.91 Å². The molecule has 0 radical (unpaired) electrons. The summed E-state index contributed by atoms with van der Waals surface area (Å²) in [7, 11) is -4.05. The van der Waals surface area contributed by atoms with Crippen molar-refractivity contribution >= 4 is 39.1 Å². The number of para-hydroxylation sites is 1. The van der Waals surface area contributed by atoms with Crippen molar-refractivity contribution < 1.29 is 18.0 Å². The van der Waals surface area contributed by atoms with Crippen molar-refractivity contribution in [2.75, 3.05) is 5.32 Å². The minimum atomic E-state index is -4.05. The van der Waals surface area contributed by atoms with Gasteiger partial charge in [-0.3, -0.25) is 9.59 Å². The molecule has 2 amide bonds. The standard InChI is InChI=1S/C16H13ClN2O4S/c1-10(15(20)18-13-8-4-3-7-12(13)17)19-16(21)11-6-2-5-9-14(11)24(19,22)23/h2-10H,1H3,(H,18,20)/t10-/m0/s1. The molecule has 0 fully saturated rings. The molecule has 1 aliphatic heterocycles. The fourth-order valence-corrected chi connectivity index (χ4v) is 4.40. The molecule has 0 bridgehead atoms. The van der Waals surface area contributed by atoms with Crippen molar-refractivity contribution in [2.45, 2.75) is 17.9 Å². The van der Waals surface area contributed by atoms with Crippen molar-refractivity contribution in [2.24, 2.45) is 0 Å². The molecular formula is C16H13ClN2O4S. The fourth-order valence-electron chi connectivity index (χ4n) is 2.49. The Morgan fingerprint density at radius 3 is 2.42 bits per heavy atom. The maximum absolute atomic E-state index is 12.6. The lowest BCUT2D eigenvalue weighted by atomic mass is 10.2. The zero-order valence-electron chi connectivity index (χ0n) is 12.6. The average Bonchev–Trinajstić information content (AvgIpc) is 2.76. The third-order valence-electron chi connectivity index (χ3n) is 3.72. The molecule has 0 spiro atoms. The van der Waals surface area contributed by atoms with E-state index in [0.29, 0.717) is 15.0 Å². The number of benzene rings is 2. The van der Waals surface area contributed by atoms with E-state index in [1.54, 1.807) is 30.3 Å². The van der Waals surface area contributed by atoms with Crippen molar-refractivity contribution in [1.82, 2.24) is 4.31 Å². The molecule has 1 heterocycles. The van der Waals surface area contributed by atoms with Gasteiger partial charge in [0, 0.05) is 0 Å². The van der Waals surface area contributed by atoms with Crippen molar-refractivity contribution in [3.8, 4) is 0 Å². The average molecular weight is 365 g/mol. The number of fused-ring (bicyclic) bond motifs is 1. The number of sulfonamides is 1. The van der Waals surface area contributed by atoms with Gasteiger partial charge in [-0.1, -0.05) is 35.9 Å². The summed E-state index contributed by atoms with van der Waals surface area (Å²) in [6.07, 6.45) is 0. The lowest BCUT2D eigenvalue weighted by Crippen LogP contribution is -2.45. The normalized spacial score (nSPS) is 16.6. The van der Waals surface area contributed by atoms with E-state index < -0.39 is 27.9 Å². The number of anilines is 1. The lowest BCUT2D eigenvalue weighted by Gasteiger charge is -2.22. The Bertz CT molecular complexity index is 943.